The number of ether oxygens (including phenoxy) is 4. The Hall–Kier alpha value is -4.99. The fraction of sp³-hybridized carbons (Fsp3) is 0.324. The Kier molecular flexibility index (Phi) is 9.69. The van der Waals surface area contributed by atoms with E-state index in [2.05, 4.69) is 5.16 Å². The van der Waals surface area contributed by atoms with Crippen LogP contribution in [-0.4, -0.2) is 58.2 Å². The maximum Gasteiger partial charge on any atom is 0.342 e. The number of esters is 1. The zero-order valence-corrected chi connectivity index (χ0v) is 25.4. The molecule has 0 saturated heterocycles. The maximum absolute atomic E-state index is 13.1. The molecule has 4 aromatic rings. The van der Waals surface area contributed by atoms with Crippen LogP contribution in [0.2, 0.25) is 0 Å². The number of benzene rings is 3. The van der Waals surface area contributed by atoms with Gasteiger partial charge in [0.1, 0.15) is 40.8 Å². The number of rotatable bonds is 14. The number of carbonyl (C=O) groups is 2. The number of methoxy groups -OCH3 is 2. The van der Waals surface area contributed by atoms with Crippen molar-refractivity contribution in [3.63, 3.8) is 0 Å². The predicted molar refractivity (Wildman–Crippen MR) is 167 cm³/mol. The summed E-state index contributed by atoms with van der Waals surface area (Å²) in [6.07, 6.45) is 2.40. The van der Waals surface area contributed by atoms with E-state index in [1.807, 2.05) is 61.5 Å². The van der Waals surface area contributed by atoms with Gasteiger partial charge in [-0.2, -0.15) is 0 Å². The lowest BCUT2D eigenvalue weighted by molar-refractivity contribution is -0.112. The highest BCUT2D eigenvalue weighted by Gasteiger charge is 2.34. The first-order valence-electron chi connectivity index (χ1n) is 14.7. The molecule has 2 heterocycles. The van der Waals surface area contributed by atoms with E-state index in [1.54, 1.807) is 32.1 Å². The highest BCUT2D eigenvalue weighted by Crippen LogP contribution is 2.37. The van der Waals surface area contributed by atoms with Crippen molar-refractivity contribution in [2.45, 2.75) is 33.1 Å². The highest BCUT2D eigenvalue weighted by molar-refractivity contribution is 6.54. The molecule has 0 bridgehead atoms. The van der Waals surface area contributed by atoms with Crippen molar-refractivity contribution in [1.82, 2.24) is 0 Å². The summed E-state index contributed by atoms with van der Waals surface area (Å²) in [5.74, 6) is 1.78. The van der Waals surface area contributed by atoms with E-state index in [0.717, 1.165) is 30.5 Å². The van der Waals surface area contributed by atoms with Crippen LogP contribution in [0.1, 0.15) is 49.0 Å². The lowest BCUT2D eigenvalue weighted by atomic mass is 10.1. The molecular weight excluding hydrogens is 564 g/mol. The van der Waals surface area contributed by atoms with E-state index in [1.165, 1.54) is 0 Å². The summed E-state index contributed by atoms with van der Waals surface area (Å²) >= 11 is 0. The van der Waals surface area contributed by atoms with Crippen molar-refractivity contribution < 1.29 is 37.8 Å². The fourth-order valence-electron chi connectivity index (χ4n) is 5.12. The Labute approximate surface area is 256 Å². The molecule has 1 aliphatic rings. The van der Waals surface area contributed by atoms with Crippen LogP contribution in [0.4, 0.5) is 5.69 Å². The zero-order valence-electron chi connectivity index (χ0n) is 25.4. The molecule has 1 aromatic heterocycles. The van der Waals surface area contributed by atoms with E-state index >= 15 is 0 Å². The van der Waals surface area contributed by atoms with E-state index in [-0.39, 0.29) is 18.2 Å². The molecule has 5 rings (SSSR count). The number of amides is 1. The summed E-state index contributed by atoms with van der Waals surface area (Å²) in [5, 5.41) is 4.69. The molecule has 230 valence electrons. The molecule has 0 radical (unpaired) electrons. The average molecular weight is 601 g/mol. The number of fused-ring (bicyclic) bond motifs is 2. The topological polar surface area (TPSA) is 109 Å². The van der Waals surface area contributed by atoms with Crippen molar-refractivity contribution in [3.05, 3.63) is 71.8 Å². The van der Waals surface area contributed by atoms with Gasteiger partial charge >= 0.3 is 5.97 Å². The van der Waals surface area contributed by atoms with Crippen LogP contribution in [0.5, 0.6) is 17.2 Å². The average Bonchev–Trinajstić information content (AvgIpc) is 3.55. The van der Waals surface area contributed by atoms with Crippen LogP contribution < -0.4 is 19.1 Å². The smallest absolute Gasteiger partial charge is 0.342 e. The zero-order chi connectivity index (χ0) is 31.1. The Morgan fingerprint density at radius 2 is 1.61 bits per heavy atom. The first-order chi connectivity index (χ1) is 21.5. The standard InChI is InChI=1S/C34H36N2O8/c1-5-41-34(38)30-27-21-25(15-17-29(27)44-32(30)22-10-12-23(39-3)13-11-22)42-19-9-7-8-18-36-28-16-14-24(40-4)20-26(28)31(33(36)37)35-43-6-2/h10-17,20-21H,5-9,18-19H2,1-4H3/b35-31-. The molecule has 0 saturated carbocycles. The molecule has 0 N–H and O–H groups in total. The molecular formula is C34H36N2O8. The van der Waals surface area contributed by atoms with Gasteiger partial charge in [0.05, 0.1) is 33.1 Å². The Balaban J connectivity index is 1.22. The number of nitrogens with zero attached hydrogens (tertiary/aromatic N) is 2. The van der Waals surface area contributed by atoms with Gasteiger partial charge in [-0.15, -0.1) is 0 Å². The molecule has 1 amide bonds. The first-order valence-corrected chi connectivity index (χ1v) is 14.7. The monoisotopic (exact) mass is 600 g/mol. The van der Waals surface area contributed by atoms with Crippen LogP contribution in [-0.2, 0) is 14.4 Å². The Bertz CT molecular complexity index is 1660. The van der Waals surface area contributed by atoms with Gasteiger partial charge in [0.2, 0.25) is 0 Å². The number of oxime groups is 1. The second-order valence-corrected chi connectivity index (χ2v) is 10.0. The second-order valence-electron chi connectivity index (χ2n) is 10.0. The van der Waals surface area contributed by atoms with Crippen LogP contribution >= 0.6 is 0 Å². The summed E-state index contributed by atoms with van der Waals surface area (Å²) in [5.41, 5.74) is 3.45. The number of furan rings is 1. The number of hydrogen-bond acceptors (Lipinski definition) is 9. The third-order valence-electron chi connectivity index (χ3n) is 7.27. The lowest BCUT2D eigenvalue weighted by Gasteiger charge is -2.17. The Morgan fingerprint density at radius 1 is 0.864 bits per heavy atom. The molecule has 0 atom stereocenters. The minimum Gasteiger partial charge on any atom is -0.497 e. The summed E-state index contributed by atoms with van der Waals surface area (Å²) in [4.78, 5) is 33.1. The van der Waals surface area contributed by atoms with E-state index in [0.29, 0.717) is 64.9 Å². The van der Waals surface area contributed by atoms with Gasteiger partial charge in [-0.1, -0.05) is 5.16 Å². The van der Waals surface area contributed by atoms with Gasteiger partial charge in [0.15, 0.2) is 5.71 Å². The maximum atomic E-state index is 13.1. The Morgan fingerprint density at radius 3 is 2.34 bits per heavy atom. The molecule has 44 heavy (non-hydrogen) atoms. The summed E-state index contributed by atoms with van der Waals surface area (Å²) in [7, 11) is 3.19. The number of anilines is 1. The molecule has 10 heteroatoms. The molecule has 0 spiro atoms. The second kappa shape index (κ2) is 14.0. The van der Waals surface area contributed by atoms with Crippen molar-refractivity contribution in [1.29, 1.82) is 0 Å². The lowest BCUT2D eigenvalue weighted by Crippen LogP contribution is -2.31. The largest absolute Gasteiger partial charge is 0.497 e. The van der Waals surface area contributed by atoms with Crippen molar-refractivity contribution >= 4 is 34.2 Å². The van der Waals surface area contributed by atoms with Crippen LogP contribution in [0, 0.1) is 0 Å². The quantitative estimate of drug-likeness (QED) is 0.0902. The van der Waals surface area contributed by atoms with Crippen molar-refractivity contribution in [3.8, 4) is 28.6 Å². The predicted octanol–water partition coefficient (Wildman–Crippen LogP) is 6.63. The van der Waals surface area contributed by atoms with Crippen LogP contribution in [0.3, 0.4) is 0 Å². The summed E-state index contributed by atoms with van der Waals surface area (Å²) in [6.45, 7) is 5.22. The van der Waals surface area contributed by atoms with Gasteiger partial charge in [-0.3, -0.25) is 4.79 Å². The van der Waals surface area contributed by atoms with E-state index in [9.17, 15) is 9.59 Å². The SMILES string of the molecule is CCO/N=C1\C(=O)N(CCCCCOc2ccc3oc(-c4ccc(OC)cc4)c(C(=O)OCC)c3c2)c2ccc(OC)cc21. The molecule has 0 fully saturated rings. The minimum absolute atomic E-state index is 0.183. The highest BCUT2D eigenvalue weighted by atomic mass is 16.6. The third kappa shape index (κ3) is 6.34. The van der Waals surface area contributed by atoms with Crippen molar-refractivity contribution in [2.75, 3.05) is 45.5 Å². The van der Waals surface area contributed by atoms with Gasteiger partial charge in [0, 0.05) is 23.1 Å². The van der Waals surface area contributed by atoms with Gasteiger partial charge in [-0.25, -0.2) is 4.79 Å². The molecule has 10 nitrogen and oxygen atoms in total. The van der Waals surface area contributed by atoms with Gasteiger partial charge in [-0.05, 0) is 93.8 Å². The summed E-state index contributed by atoms with van der Waals surface area (Å²) in [6, 6.07) is 18.3. The molecule has 0 aliphatic carbocycles. The molecule has 3 aromatic carbocycles. The normalized spacial score (nSPS) is 13.3. The number of hydrogen-bond donors (Lipinski definition) is 0. The van der Waals surface area contributed by atoms with E-state index in [4.69, 9.17) is 28.2 Å². The van der Waals surface area contributed by atoms with Crippen LogP contribution in [0.15, 0.2) is 70.2 Å². The molecule has 0 unspecified atom stereocenters. The van der Waals surface area contributed by atoms with Crippen LogP contribution in [0.25, 0.3) is 22.3 Å². The fourth-order valence-corrected chi connectivity index (χ4v) is 5.12. The minimum atomic E-state index is -0.458. The number of unbranched alkanes of at least 4 members (excludes halogenated alkanes) is 2. The van der Waals surface area contributed by atoms with E-state index < -0.39 is 5.97 Å². The van der Waals surface area contributed by atoms with Gasteiger partial charge in [0.25, 0.3) is 5.91 Å². The summed E-state index contributed by atoms with van der Waals surface area (Å²) < 4.78 is 28.1. The van der Waals surface area contributed by atoms with Crippen molar-refractivity contribution in [2.24, 2.45) is 5.16 Å². The third-order valence-corrected chi connectivity index (χ3v) is 7.27. The van der Waals surface area contributed by atoms with Gasteiger partial charge < -0.3 is 33.1 Å². The number of carbonyl (C=O) groups excluding carboxylic acids is 2. The first kappa shape index (κ1) is 30.5. The molecule has 1 aliphatic heterocycles.